The lowest BCUT2D eigenvalue weighted by molar-refractivity contribution is -0.137. The van der Waals surface area contributed by atoms with Gasteiger partial charge >= 0.3 is 5.97 Å². The van der Waals surface area contributed by atoms with Crippen molar-refractivity contribution in [2.24, 2.45) is 0 Å². The molecule has 8 heteroatoms. The van der Waals surface area contributed by atoms with E-state index in [2.05, 4.69) is 5.32 Å². The lowest BCUT2D eigenvalue weighted by Crippen LogP contribution is -2.39. The summed E-state index contributed by atoms with van der Waals surface area (Å²) in [5, 5.41) is 13.1. The molecular formula is C25H27FN2O5. The zero-order chi connectivity index (χ0) is 23.5. The van der Waals surface area contributed by atoms with Gasteiger partial charge in [0.2, 0.25) is 5.91 Å². The Morgan fingerprint density at radius 3 is 2.73 bits per heavy atom. The molecule has 0 radical (unpaired) electrons. The molecule has 0 bridgehead atoms. The highest BCUT2D eigenvalue weighted by atomic mass is 19.1. The van der Waals surface area contributed by atoms with Crippen molar-refractivity contribution in [3.8, 4) is 11.5 Å². The van der Waals surface area contributed by atoms with Crippen LogP contribution in [0.3, 0.4) is 0 Å². The summed E-state index contributed by atoms with van der Waals surface area (Å²) in [7, 11) is 3.18. The maximum absolute atomic E-state index is 13.9. The molecule has 0 saturated heterocycles. The van der Waals surface area contributed by atoms with E-state index in [9.17, 15) is 19.1 Å². The Morgan fingerprint density at radius 1 is 1.18 bits per heavy atom. The van der Waals surface area contributed by atoms with Gasteiger partial charge in [0.15, 0.2) is 0 Å². The number of rotatable bonds is 8. The van der Waals surface area contributed by atoms with Crippen LogP contribution in [0.15, 0.2) is 36.4 Å². The molecule has 33 heavy (non-hydrogen) atoms. The number of methoxy groups -OCH3 is 2. The molecule has 0 spiro atoms. The Kier molecular flexibility index (Phi) is 6.53. The molecule has 2 N–H and O–H groups in total. The summed E-state index contributed by atoms with van der Waals surface area (Å²) in [4.78, 5) is 24.1. The van der Waals surface area contributed by atoms with Crippen molar-refractivity contribution in [1.29, 1.82) is 0 Å². The van der Waals surface area contributed by atoms with Gasteiger partial charge in [-0.25, -0.2) is 4.39 Å². The van der Waals surface area contributed by atoms with Crippen LogP contribution in [0.25, 0.3) is 10.9 Å². The number of halogens is 1. The van der Waals surface area contributed by atoms with Gasteiger partial charge in [-0.3, -0.25) is 9.59 Å². The van der Waals surface area contributed by atoms with Crippen LogP contribution in [0.2, 0.25) is 0 Å². The molecule has 1 aromatic heterocycles. The highest BCUT2D eigenvalue weighted by molar-refractivity contribution is 5.87. The van der Waals surface area contributed by atoms with Crippen molar-refractivity contribution in [2.75, 3.05) is 14.2 Å². The monoisotopic (exact) mass is 454 g/mol. The molecule has 1 heterocycles. The number of hydrogen-bond donors (Lipinski definition) is 2. The van der Waals surface area contributed by atoms with Crippen LogP contribution in [0, 0.1) is 5.82 Å². The van der Waals surface area contributed by atoms with E-state index in [1.54, 1.807) is 24.9 Å². The number of carbonyl (C=O) groups excluding carboxylic acids is 1. The van der Waals surface area contributed by atoms with Crippen molar-refractivity contribution in [3.05, 3.63) is 59.0 Å². The summed E-state index contributed by atoms with van der Waals surface area (Å²) >= 11 is 0. The molecule has 0 unspecified atom stereocenters. The Hall–Kier alpha value is -3.55. The number of hydrogen-bond acceptors (Lipinski definition) is 4. The molecule has 1 aliphatic rings. The van der Waals surface area contributed by atoms with Crippen LogP contribution in [0.5, 0.6) is 11.5 Å². The summed E-state index contributed by atoms with van der Waals surface area (Å²) < 4.78 is 26.3. The van der Waals surface area contributed by atoms with Crippen molar-refractivity contribution in [3.63, 3.8) is 0 Å². The van der Waals surface area contributed by atoms with Gasteiger partial charge < -0.3 is 24.5 Å². The van der Waals surface area contributed by atoms with Gasteiger partial charge in [-0.1, -0.05) is 0 Å². The molecule has 1 aliphatic carbocycles. The third-order valence-corrected chi connectivity index (χ3v) is 6.20. The smallest absolute Gasteiger partial charge is 0.323 e. The molecule has 174 valence electrons. The van der Waals surface area contributed by atoms with Gasteiger partial charge in [0.1, 0.15) is 23.9 Å². The fraction of sp³-hybridized carbons (Fsp3) is 0.360. The first kappa shape index (κ1) is 22.6. The van der Waals surface area contributed by atoms with Gasteiger partial charge in [0.25, 0.3) is 0 Å². The normalized spacial score (nSPS) is 15.2. The van der Waals surface area contributed by atoms with Crippen LogP contribution < -0.4 is 14.8 Å². The maximum Gasteiger partial charge on any atom is 0.323 e. The zero-order valence-electron chi connectivity index (χ0n) is 18.7. The highest BCUT2D eigenvalue weighted by Crippen LogP contribution is 2.33. The van der Waals surface area contributed by atoms with E-state index in [4.69, 9.17) is 9.47 Å². The number of benzene rings is 2. The summed E-state index contributed by atoms with van der Waals surface area (Å²) in [6.45, 7) is -0.170. The number of carboxylic acid groups (broad SMARTS) is 1. The third kappa shape index (κ3) is 4.79. The molecule has 0 saturated carbocycles. The van der Waals surface area contributed by atoms with Gasteiger partial charge in [0, 0.05) is 29.1 Å². The minimum absolute atomic E-state index is 0.0752. The standard InChI is InChI=1S/C25H27FN2O5/c1-32-18-6-9-23(33-2)15(11-18)3-10-24(29)27-17-5-8-22-20(13-17)19-12-16(26)4-7-21(19)28(22)14-25(30)31/h4,6-7,9,11-12,17H,3,5,8,10,13-14H2,1-2H3,(H,27,29)(H,30,31)/t17-/m0/s1. The average molecular weight is 454 g/mol. The van der Waals surface area contributed by atoms with Crippen LogP contribution >= 0.6 is 0 Å². The Balaban J connectivity index is 1.47. The van der Waals surface area contributed by atoms with Crippen LogP contribution in [-0.4, -0.2) is 41.8 Å². The summed E-state index contributed by atoms with van der Waals surface area (Å²) in [5.41, 5.74) is 3.42. The van der Waals surface area contributed by atoms with Gasteiger partial charge in [0.05, 0.1) is 14.2 Å². The average Bonchev–Trinajstić information content (AvgIpc) is 3.09. The lowest BCUT2D eigenvalue weighted by Gasteiger charge is -2.25. The summed E-state index contributed by atoms with van der Waals surface area (Å²) in [6, 6.07) is 9.83. The second kappa shape index (κ2) is 9.52. The second-order valence-electron chi connectivity index (χ2n) is 8.25. The highest BCUT2D eigenvalue weighted by Gasteiger charge is 2.27. The molecule has 3 aromatic rings. The number of aliphatic carboxylic acids is 1. The predicted molar refractivity (Wildman–Crippen MR) is 121 cm³/mol. The van der Waals surface area contributed by atoms with Gasteiger partial charge in [-0.2, -0.15) is 0 Å². The van der Waals surface area contributed by atoms with Crippen molar-refractivity contribution in [1.82, 2.24) is 9.88 Å². The Labute approximate surface area is 191 Å². The largest absolute Gasteiger partial charge is 0.497 e. The van der Waals surface area contributed by atoms with E-state index in [1.807, 2.05) is 18.2 Å². The minimum atomic E-state index is -0.942. The summed E-state index contributed by atoms with van der Waals surface area (Å²) in [5.74, 6) is 0.0301. The predicted octanol–water partition coefficient (Wildman–Crippen LogP) is 3.49. The fourth-order valence-electron chi connectivity index (χ4n) is 4.69. The number of nitrogens with one attached hydrogen (secondary N) is 1. The molecule has 4 rings (SSSR count). The van der Waals surface area contributed by atoms with Crippen molar-refractivity contribution < 1.29 is 28.6 Å². The number of nitrogens with zero attached hydrogens (tertiary/aromatic N) is 1. The van der Waals surface area contributed by atoms with Crippen LogP contribution in [0.4, 0.5) is 4.39 Å². The van der Waals surface area contributed by atoms with Crippen LogP contribution in [-0.2, 0) is 35.4 Å². The lowest BCUT2D eigenvalue weighted by atomic mass is 9.91. The van der Waals surface area contributed by atoms with E-state index < -0.39 is 5.97 Å². The molecule has 0 aliphatic heterocycles. The number of carboxylic acids is 1. The first-order chi connectivity index (χ1) is 15.9. The molecular weight excluding hydrogens is 427 g/mol. The quantitative estimate of drug-likeness (QED) is 0.544. The van der Waals surface area contributed by atoms with Crippen LogP contribution in [0.1, 0.15) is 29.7 Å². The molecule has 0 fully saturated rings. The summed E-state index contributed by atoms with van der Waals surface area (Å²) in [6.07, 6.45) is 2.65. The zero-order valence-corrected chi connectivity index (χ0v) is 18.7. The molecule has 2 aromatic carbocycles. The van der Waals surface area contributed by atoms with Crippen molar-refractivity contribution in [2.45, 2.75) is 44.7 Å². The molecule has 1 amide bonds. The number of aromatic nitrogens is 1. The van der Waals surface area contributed by atoms with Gasteiger partial charge in [-0.05, 0) is 73.2 Å². The number of ether oxygens (including phenoxy) is 2. The first-order valence-corrected chi connectivity index (χ1v) is 10.9. The number of fused-ring (bicyclic) bond motifs is 3. The minimum Gasteiger partial charge on any atom is -0.497 e. The van der Waals surface area contributed by atoms with Gasteiger partial charge in [-0.15, -0.1) is 0 Å². The van der Waals surface area contributed by atoms with E-state index >= 15 is 0 Å². The first-order valence-electron chi connectivity index (χ1n) is 10.9. The fourth-order valence-corrected chi connectivity index (χ4v) is 4.69. The number of carbonyl (C=O) groups is 2. The topological polar surface area (TPSA) is 89.8 Å². The van der Waals surface area contributed by atoms with E-state index in [-0.39, 0.29) is 24.3 Å². The number of aryl methyl sites for hydroxylation is 1. The van der Waals surface area contributed by atoms with Crippen molar-refractivity contribution >= 4 is 22.8 Å². The Morgan fingerprint density at radius 2 is 2.00 bits per heavy atom. The third-order valence-electron chi connectivity index (χ3n) is 6.20. The van der Waals surface area contributed by atoms with E-state index in [1.165, 1.54) is 12.1 Å². The molecule has 7 nitrogen and oxygen atoms in total. The number of amides is 1. The van der Waals surface area contributed by atoms with E-state index in [0.29, 0.717) is 54.5 Å². The second-order valence-corrected chi connectivity index (χ2v) is 8.25. The Bertz CT molecular complexity index is 1200. The maximum atomic E-state index is 13.9. The SMILES string of the molecule is COc1ccc(OC)c(CCC(=O)N[C@H]2CCc3c(c4cc(F)ccc4n3CC(=O)O)C2)c1. The van der Waals surface area contributed by atoms with E-state index in [0.717, 1.165) is 16.8 Å². The molecule has 1 atom stereocenters.